The SMILES string of the molecule is N#Cc1ccc([N+](=O)[O-])c(N2CCN(C/C=C/c3ccccc3)CC2)c1. The molecule has 0 aliphatic carbocycles. The third-order valence-corrected chi connectivity index (χ3v) is 4.49. The number of anilines is 1. The van der Waals surface area contributed by atoms with E-state index in [1.54, 1.807) is 6.07 Å². The molecule has 0 atom stereocenters. The molecule has 3 rings (SSSR count). The van der Waals surface area contributed by atoms with Gasteiger partial charge in [-0.3, -0.25) is 15.0 Å². The Morgan fingerprint density at radius 2 is 1.85 bits per heavy atom. The Balaban J connectivity index is 1.61. The minimum atomic E-state index is -0.383. The molecule has 0 saturated carbocycles. The van der Waals surface area contributed by atoms with Crippen LogP contribution in [0.5, 0.6) is 0 Å². The highest BCUT2D eigenvalue weighted by molar-refractivity contribution is 5.66. The zero-order valence-electron chi connectivity index (χ0n) is 14.4. The van der Waals surface area contributed by atoms with Crippen LogP contribution >= 0.6 is 0 Å². The highest BCUT2D eigenvalue weighted by Gasteiger charge is 2.23. The lowest BCUT2D eigenvalue weighted by molar-refractivity contribution is -0.384. The number of nitrogens with zero attached hydrogens (tertiary/aromatic N) is 4. The zero-order valence-corrected chi connectivity index (χ0v) is 14.4. The average Bonchev–Trinajstić information content (AvgIpc) is 2.69. The summed E-state index contributed by atoms with van der Waals surface area (Å²) >= 11 is 0. The van der Waals surface area contributed by atoms with E-state index in [4.69, 9.17) is 5.26 Å². The first-order valence-corrected chi connectivity index (χ1v) is 8.55. The second-order valence-corrected chi connectivity index (χ2v) is 6.17. The van der Waals surface area contributed by atoms with Gasteiger partial charge in [-0.05, 0) is 17.7 Å². The van der Waals surface area contributed by atoms with Gasteiger partial charge in [-0.15, -0.1) is 0 Å². The summed E-state index contributed by atoms with van der Waals surface area (Å²) in [4.78, 5) is 15.2. The zero-order chi connectivity index (χ0) is 18.4. The second-order valence-electron chi connectivity index (χ2n) is 6.17. The molecule has 6 heteroatoms. The van der Waals surface area contributed by atoms with Crippen molar-refractivity contribution in [1.29, 1.82) is 5.26 Å². The van der Waals surface area contributed by atoms with Gasteiger partial charge in [-0.1, -0.05) is 42.5 Å². The number of hydrogen-bond acceptors (Lipinski definition) is 5. The molecule has 26 heavy (non-hydrogen) atoms. The summed E-state index contributed by atoms with van der Waals surface area (Å²) in [5, 5.41) is 20.3. The molecule has 1 saturated heterocycles. The molecule has 0 spiro atoms. The molecule has 1 fully saturated rings. The van der Waals surface area contributed by atoms with Crippen LogP contribution in [-0.2, 0) is 0 Å². The molecule has 132 valence electrons. The van der Waals surface area contributed by atoms with E-state index in [0.717, 1.165) is 19.6 Å². The molecular weight excluding hydrogens is 328 g/mol. The van der Waals surface area contributed by atoms with Gasteiger partial charge in [-0.25, -0.2) is 0 Å². The minimum Gasteiger partial charge on any atom is -0.363 e. The molecule has 6 nitrogen and oxygen atoms in total. The monoisotopic (exact) mass is 348 g/mol. The van der Waals surface area contributed by atoms with Crippen molar-refractivity contribution in [3.63, 3.8) is 0 Å². The van der Waals surface area contributed by atoms with E-state index in [-0.39, 0.29) is 10.6 Å². The first-order chi connectivity index (χ1) is 12.7. The van der Waals surface area contributed by atoms with Gasteiger partial charge in [0.2, 0.25) is 0 Å². The minimum absolute atomic E-state index is 0.0569. The first kappa shape index (κ1) is 17.6. The summed E-state index contributed by atoms with van der Waals surface area (Å²) in [6.07, 6.45) is 4.25. The van der Waals surface area contributed by atoms with E-state index >= 15 is 0 Å². The highest BCUT2D eigenvalue weighted by Crippen LogP contribution is 2.29. The fourth-order valence-electron chi connectivity index (χ4n) is 3.07. The number of nitro benzene ring substituents is 1. The van der Waals surface area contributed by atoms with Crippen LogP contribution in [0.2, 0.25) is 0 Å². The van der Waals surface area contributed by atoms with Crippen LogP contribution in [0.4, 0.5) is 11.4 Å². The van der Waals surface area contributed by atoms with Gasteiger partial charge in [0, 0.05) is 38.8 Å². The molecular formula is C20H20N4O2. The number of nitriles is 1. The van der Waals surface area contributed by atoms with Crippen LogP contribution in [0.25, 0.3) is 6.08 Å². The lowest BCUT2D eigenvalue weighted by Crippen LogP contribution is -2.46. The highest BCUT2D eigenvalue weighted by atomic mass is 16.6. The molecule has 1 heterocycles. The van der Waals surface area contributed by atoms with Crippen LogP contribution < -0.4 is 4.90 Å². The van der Waals surface area contributed by atoms with Crippen molar-refractivity contribution in [1.82, 2.24) is 4.90 Å². The quantitative estimate of drug-likeness (QED) is 0.612. The average molecular weight is 348 g/mol. The van der Waals surface area contributed by atoms with E-state index in [2.05, 4.69) is 35.3 Å². The van der Waals surface area contributed by atoms with Gasteiger partial charge in [0.1, 0.15) is 5.69 Å². The van der Waals surface area contributed by atoms with Gasteiger partial charge in [-0.2, -0.15) is 5.26 Å². The van der Waals surface area contributed by atoms with E-state index in [0.29, 0.717) is 24.3 Å². The number of hydrogen-bond donors (Lipinski definition) is 0. The Bertz CT molecular complexity index is 835. The van der Waals surface area contributed by atoms with E-state index in [1.807, 2.05) is 23.1 Å². The summed E-state index contributed by atoms with van der Waals surface area (Å²) < 4.78 is 0. The Kier molecular flexibility index (Phi) is 5.62. The Morgan fingerprint density at radius 3 is 2.50 bits per heavy atom. The molecule has 0 unspecified atom stereocenters. The Labute approximate surface area is 152 Å². The maximum atomic E-state index is 11.3. The predicted octanol–water partition coefficient (Wildman–Crippen LogP) is 3.30. The van der Waals surface area contributed by atoms with Crippen LogP contribution in [-0.4, -0.2) is 42.5 Å². The summed E-state index contributed by atoms with van der Waals surface area (Å²) in [5.74, 6) is 0. The molecule has 2 aromatic carbocycles. The van der Waals surface area contributed by atoms with Crippen molar-refractivity contribution in [3.05, 3.63) is 75.8 Å². The number of rotatable bonds is 5. The van der Waals surface area contributed by atoms with Gasteiger partial charge >= 0.3 is 0 Å². The largest absolute Gasteiger partial charge is 0.363 e. The third kappa shape index (κ3) is 4.26. The molecule has 0 aromatic heterocycles. The molecule has 0 radical (unpaired) electrons. The summed E-state index contributed by atoms with van der Waals surface area (Å²) in [6.45, 7) is 3.91. The van der Waals surface area contributed by atoms with Crippen molar-refractivity contribution < 1.29 is 4.92 Å². The van der Waals surface area contributed by atoms with Crippen LogP contribution in [0, 0.1) is 21.4 Å². The second kappa shape index (κ2) is 8.28. The van der Waals surface area contributed by atoms with Crippen LogP contribution in [0.3, 0.4) is 0 Å². The maximum Gasteiger partial charge on any atom is 0.292 e. The predicted molar refractivity (Wildman–Crippen MR) is 102 cm³/mol. The van der Waals surface area contributed by atoms with Crippen molar-refractivity contribution >= 4 is 17.5 Å². The molecule has 1 aliphatic rings. The molecule has 0 bridgehead atoms. The number of piperazine rings is 1. The van der Waals surface area contributed by atoms with E-state index in [9.17, 15) is 10.1 Å². The standard InChI is InChI=1S/C20H20N4O2/c21-16-18-8-9-19(24(25)26)20(15-18)23-13-11-22(12-14-23)10-4-7-17-5-2-1-3-6-17/h1-9,15H,10-14H2/b7-4+. The molecule has 0 N–H and O–H groups in total. The lowest BCUT2D eigenvalue weighted by Gasteiger charge is -2.35. The topological polar surface area (TPSA) is 73.4 Å². The van der Waals surface area contributed by atoms with Crippen molar-refractivity contribution in [3.8, 4) is 6.07 Å². The normalized spacial score (nSPS) is 15.1. The van der Waals surface area contributed by atoms with Gasteiger partial charge in [0.15, 0.2) is 0 Å². The summed E-state index contributed by atoms with van der Waals surface area (Å²) in [7, 11) is 0. The van der Waals surface area contributed by atoms with E-state index < -0.39 is 0 Å². The summed E-state index contributed by atoms with van der Waals surface area (Å²) in [6, 6.07) is 16.7. The van der Waals surface area contributed by atoms with Crippen molar-refractivity contribution in [2.24, 2.45) is 0 Å². The smallest absolute Gasteiger partial charge is 0.292 e. The van der Waals surface area contributed by atoms with Crippen LogP contribution in [0.1, 0.15) is 11.1 Å². The van der Waals surface area contributed by atoms with Crippen molar-refractivity contribution in [2.75, 3.05) is 37.6 Å². The van der Waals surface area contributed by atoms with Gasteiger partial charge in [0.25, 0.3) is 5.69 Å². The van der Waals surface area contributed by atoms with Crippen LogP contribution in [0.15, 0.2) is 54.6 Å². The molecule has 0 amide bonds. The molecule has 2 aromatic rings. The van der Waals surface area contributed by atoms with Gasteiger partial charge in [0.05, 0.1) is 16.6 Å². The van der Waals surface area contributed by atoms with E-state index in [1.165, 1.54) is 17.7 Å². The number of nitro groups is 1. The van der Waals surface area contributed by atoms with Gasteiger partial charge < -0.3 is 4.90 Å². The first-order valence-electron chi connectivity index (χ1n) is 8.55. The number of benzene rings is 2. The fourth-order valence-corrected chi connectivity index (χ4v) is 3.07. The summed E-state index contributed by atoms with van der Waals surface area (Å²) in [5.41, 5.74) is 2.21. The fraction of sp³-hybridized carbons (Fsp3) is 0.250. The Hall–Kier alpha value is -3.17. The third-order valence-electron chi connectivity index (χ3n) is 4.49. The Morgan fingerprint density at radius 1 is 1.12 bits per heavy atom. The maximum absolute atomic E-state index is 11.3. The lowest BCUT2D eigenvalue weighted by atomic mass is 10.1. The molecule has 1 aliphatic heterocycles. The van der Waals surface area contributed by atoms with Crippen molar-refractivity contribution in [2.45, 2.75) is 0 Å².